The molecule has 2 heteroatoms. The van der Waals surface area contributed by atoms with Crippen molar-refractivity contribution in [3.8, 4) is 22.6 Å². The molecule has 20 heavy (non-hydrogen) atoms. The van der Waals surface area contributed by atoms with Crippen molar-refractivity contribution in [2.75, 3.05) is 0 Å². The van der Waals surface area contributed by atoms with Crippen LogP contribution in [0.3, 0.4) is 0 Å². The molecule has 0 aliphatic heterocycles. The highest BCUT2D eigenvalue weighted by Gasteiger charge is 2.40. The lowest BCUT2D eigenvalue weighted by molar-refractivity contribution is 0.150. The quantitative estimate of drug-likeness (QED) is 0.574. The summed E-state index contributed by atoms with van der Waals surface area (Å²) in [6, 6.07) is 16.0. The van der Waals surface area contributed by atoms with Gasteiger partial charge >= 0.3 is 0 Å². The van der Waals surface area contributed by atoms with Crippen molar-refractivity contribution in [2.24, 2.45) is 0 Å². The first-order chi connectivity index (χ1) is 9.42. The number of rotatable bonds is 0. The van der Waals surface area contributed by atoms with Crippen LogP contribution in [-0.4, -0.2) is 13.2 Å². The molecule has 2 aromatic carbocycles. The van der Waals surface area contributed by atoms with Gasteiger partial charge in [0.2, 0.25) is 0 Å². The first kappa shape index (κ1) is 13.2. The normalized spacial score (nSPS) is 15.0. The van der Waals surface area contributed by atoms with E-state index < -0.39 is 13.7 Å². The van der Waals surface area contributed by atoms with Crippen LogP contribution >= 0.6 is 0 Å². The first-order valence-corrected chi connectivity index (χ1v) is 10.4. The van der Waals surface area contributed by atoms with Gasteiger partial charge in [-0.3, -0.25) is 0 Å². The molecule has 0 unspecified atom stereocenters. The molecule has 0 radical (unpaired) electrons. The van der Waals surface area contributed by atoms with E-state index in [1.807, 2.05) is 36.4 Å². The zero-order valence-corrected chi connectivity index (χ0v) is 13.1. The monoisotopic (exact) mass is 278 g/mol. The summed E-state index contributed by atoms with van der Waals surface area (Å²) >= 11 is 0. The van der Waals surface area contributed by atoms with Crippen molar-refractivity contribution in [1.29, 1.82) is 0 Å². The molecule has 0 amide bonds. The number of benzene rings is 2. The second-order valence-electron chi connectivity index (χ2n) is 6.30. The van der Waals surface area contributed by atoms with Gasteiger partial charge in [-0.2, -0.15) is 0 Å². The average Bonchev–Trinajstić information content (AvgIpc) is 2.68. The molecule has 0 saturated heterocycles. The molecule has 0 heterocycles. The number of fused-ring (bicyclic) bond motifs is 3. The van der Waals surface area contributed by atoms with Crippen LogP contribution in [-0.2, 0) is 5.60 Å². The van der Waals surface area contributed by atoms with Crippen LogP contribution in [0, 0.1) is 11.5 Å². The smallest absolute Gasteiger partial charge is 0.177 e. The molecular formula is C18H18OSi. The van der Waals surface area contributed by atoms with E-state index in [2.05, 4.69) is 43.2 Å². The van der Waals surface area contributed by atoms with E-state index in [4.69, 9.17) is 0 Å². The van der Waals surface area contributed by atoms with E-state index in [9.17, 15) is 5.11 Å². The third-order valence-corrected chi connectivity index (χ3v) is 4.42. The second kappa shape index (κ2) is 4.34. The van der Waals surface area contributed by atoms with Crippen LogP contribution in [0.15, 0.2) is 48.5 Å². The predicted molar refractivity (Wildman–Crippen MR) is 86.0 cm³/mol. The van der Waals surface area contributed by atoms with Gasteiger partial charge in [-0.1, -0.05) is 74.1 Å². The largest absolute Gasteiger partial charge is 0.369 e. The molecule has 0 spiro atoms. The van der Waals surface area contributed by atoms with Crippen LogP contribution in [0.2, 0.25) is 19.6 Å². The summed E-state index contributed by atoms with van der Waals surface area (Å²) in [6.45, 7) is 6.57. The van der Waals surface area contributed by atoms with Gasteiger partial charge in [-0.15, -0.1) is 5.54 Å². The molecule has 1 aliphatic rings. The lowest BCUT2D eigenvalue weighted by Crippen LogP contribution is -2.25. The summed E-state index contributed by atoms with van der Waals surface area (Å²) in [6.07, 6.45) is 0. The van der Waals surface area contributed by atoms with Gasteiger partial charge in [-0.05, 0) is 11.1 Å². The standard InChI is InChI=1S/C18H18OSi/c1-20(2,3)13-12-18(19)16-10-6-4-8-14(16)15-9-5-7-11-17(15)18/h4-11,19H,1-3H3. The van der Waals surface area contributed by atoms with Gasteiger partial charge in [0.15, 0.2) is 5.60 Å². The number of hydrogen-bond donors (Lipinski definition) is 1. The molecule has 1 aliphatic carbocycles. The summed E-state index contributed by atoms with van der Waals surface area (Å²) in [7, 11) is -1.54. The molecule has 0 fully saturated rings. The topological polar surface area (TPSA) is 20.2 Å². The Morgan fingerprint density at radius 1 is 0.850 bits per heavy atom. The summed E-state index contributed by atoms with van der Waals surface area (Å²) in [4.78, 5) is 0. The van der Waals surface area contributed by atoms with E-state index in [1.54, 1.807) is 0 Å². The van der Waals surface area contributed by atoms with E-state index in [1.165, 1.54) is 0 Å². The maximum Gasteiger partial charge on any atom is 0.177 e. The summed E-state index contributed by atoms with van der Waals surface area (Å²) < 4.78 is 0. The molecule has 2 aromatic rings. The highest BCUT2D eigenvalue weighted by Crippen LogP contribution is 2.46. The maximum absolute atomic E-state index is 11.2. The Labute approximate surface area is 121 Å². The minimum absolute atomic E-state index is 0.909. The molecule has 0 aromatic heterocycles. The zero-order chi connectivity index (χ0) is 14.4. The second-order valence-corrected chi connectivity index (χ2v) is 11.1. The Morgan fingerprint density at radius 3 is 1.75 bits per heavy atom. The average molecular weight is 278 g/mol. The fourth-order valence-electron chi connectivity index (χ4n) is 2.62. The first-order valence-electron chi connectivity index (χ1n) is 6.88. The Bertz CT molecular complexity index is 683. The van der Waals surface area contributed by atoms with Crippen LogP contribution < -0.4 is 0 Å². The molecule has 0 saturated carbocycles. The molecule has 1 N–H and O–H groups in total. The zero-order valence-electron chi connectivity index (χ0n) is 12.1. The van der Waals surface area contributed by atoms with Gasteiger partial charge in [0, 0.05) is 11.1 Å². The van der Waals surface area contributed by atoms with Crippen molar-refractivity contribution in [3.05, 3.63) is 59.7 Å². The molecule has 3 rings (SSSR count). The minimum atomic E-state index is -1.54. The van der Waals surface area contributed by atoms with Gasteiger partial charge < -0.3 is 5.11 Å². The highest BCUT2D eigenvalue weighted by molar-refractivity contribution is 6.83. The third-order valence-electron chi connectivity index (χ3n) is 3.54. The fourth-order valence-corrected chi connectivity index (χ4v) is 3.18. The lowest BCUT2D eigenvalue weighted by Gasteiger charge is -2.20. The van der Waals surface area contributed by atoms with Crippen LogP contribution in [0.25, 0.3) is 11.1 Å². The Balaban J connectivity index is 2.28. The molecular weight excluding hydrogens is 260 g/mol. The predicted octanol–water partition coefficient (Wildman–Crippen LogP) is 3.78. The Hall–Kier alpha value is -1.82. The van der Waals surface area contributed by atoms with E-state index >= 15 is 0 Å². The number of aliphatic hydroxyl groups is 1. The van der Waals surface area contributed by atoms with Crippen molar-refractivity contribution in [2.45, 2.75) is 25.2 Å². The fraction of sp³-hybridized carbons (Fsp3) is 0.222. The molecule has 1 nitrogen and oxygen atoms in total. The Kier molecular flexibility index (Phi) is 2.86. The highest BCUT2D eigenvalue weighted by atomic mass is 28.3. The van der Waals surface area contributed by atoms with Crippen molar-refractivity contribution < 1.29 is 5.11 Å². The molecule has 100 valence electrons. The van der Waals surface area contributed by atoms with Crippen molar-refractivity contribution in [1.82, 2.24) is 0 Å². The SMILES string of the molecule is C[Si](C)(C)C#CC1(O)c2ccccc2-c2ccccc21. The summed E-state index contributed by atoms with van der Waals surface area (Å²) in [5.41, 5.74) is 6.17. The van der Waals surface area contributed by atoms with Crippen LogP contribution in [0.5, 0.6) is 0 Å². The van der Waals surface area contributed by atoms with Crippen LogP contribution in [0.1, 0.15) is 11.1 Å². The van der Waals surface area contributed by atoms with E-state index in [-0.39, 0.29) is 0 Å². The lowest BCUT2D eigenvalue weighted by atomic mass is 9.93. The Morgan fingerprint density at radius 2 is 1.30 bits per heavy atom. The van der Waals surface area contributed by atoms with Crippen molar-refractivity contribution in [3.63, 3.8) is 0 Å². The number of hydrogen-bond acceptors (Lipinski definition) is 1. The minimum Gasteiger partial charge on any atom is -0.369 e. The molecule has 0 atom stereocenters. The maximum atomic E-state index is 11.2. The summed E-state index contributed by atoms with van der Waals surface area (Å²) in [5, 5.41) is 11.2. The van der Waals surface area contributed by atoms with Gasteiger partial charge in [0.25, 0.3) is 0 Å². The van der Waals surface area contributed by atoms with E-state index in [0.29, 0.717) is 0 Å². The van der Waals surface area contributed by atoms with Gasteiger partial charge in [0.1, 0.15) is 8.07 Å². The van der Waals surface area contributed by atoms with Gasteiger partial charge in [-0.25, -0.2) is 0 Å². The van der Waals surface area contributed by atoms with Crippen molar-refractivity contribution >= 4 is 8.07 Å². The third kappa shape index (κ3) is 2.00. The molecule has 0 bridgehead atoms. The van der Waals surface area contributed by atoms with Gasteiger partial charge in [0.05, 0.1) is 0 Å². The summed E-state index contributed by atoms with van der Waals surface area (Å²) in [5.74, 6) is 3.18. The van der Waals surface area contributed by atoms with E-state index in [0.717, 1.165) is 22.3 Å². The van der Waals surface area contributed by atoms with Crippen LogP contribution in [0.4, 0.5) is 0 Å².